The van der Waals surface area contributed by atoms with E-state index >= 15 is 0 Å². The van der Waals surface area contributed by atoms with Crippen molar-refractivity contribution in [2.45, 2.75) is 0 Å². The topological polar surface area (TPSA) is 17.8 Å². The lowest BCUT2D eigenvalue weighted by Crippen LogP contribution is -1.96. The molecule has 20 heavy (non-hydrogen) atoms. The van der Waals surface area contributed by atoms with Crippen LogP contribution in [0.3, 0.4) is 0 Å². The Balaban J connectivity index is 2.23. The number of rotatable bonds is 1. The Morgan fingerprint density at radius 2 is 1.60 bits per heavy atom. The smallest absolute Gasteiger partial charge is 0.137 e. The SMILES string of the molecule is Ic1ccc2c3ccccc3n(-c3ccccn3)c2c1. The minimum Gasteiger partial charge on any atom is -0.294 e. The number of para-hydroxylation sites is 1. The predicted octanol–water partition coefficient (Wildman–Crippen LogP) is 4.78. The largest absolute Gasteiger partial charge is 0.294 e. The number of aromatic nitrogens is 2. The highest BCUT2D eigenvalue weighted by atomic mass is 127. The summed E-state index contributed by atoms with van der Waals surface area (Å²) >= 11 is 2.35. The molecule has 0 amide bonds. The van der Waals surface area contributed by atoms with Gasteiger partial charge in [-0.2, -0.15) is 0 Å². The van der Waals surface area contributed by atoms with Gasteiger partial charge in [0, 0.05) is 20.5 Å². The van der Waals surface area contributed by atoms with Crippen molar-refractivity contribution in [3.63, 3.8) is 0 Å². The molecule has 0 bridgehead atoms. The fraction of sp³-hybridized carbons (Fsp3) is 0. The highest BCUT2D eigenvalue weighted by Gasteiger charge is 2.12. The lowest BCUT2D eigenvalue weighted by atomic mass is 10.2. The molecular formula is C17H11IN2. The van der Waals surface area contributed by atoms with Crippen LogP contribution in [0.15, 0.2) is 66.9 Å². The van der Waals surface area contributed by atoms with E-state index in [1.165, 1.54) is 25.4 Å². The van der Waals surface area contributed by atoms with Gasteiger partial charge in [0.05, 0.1) is 11.0 Å². The molecule has 0 atom stereocenters. The van der Waals surface area contributed by atoms with Gasteiger partial charge in [0.15, 0.2) is 0 Å². The monoisotopic (exact) mass is 370 g/mol. The van der Waals surface area contributed by atoms with Crippen LogP contribution < -0.4 is 0 Å². The van der Waals surface area contributed by atoms with E-state index in [1.54, 1.807) is 0 Å². The first-order valence-corrected chi connectivity index (χ1v) is 7.52. The summed E-state index contributed by atoms with van der Waals surface area (Å²) in [6, 6.07) is 21.1. The summed E-state index contributed by atoms with van der Waals surface area (Å²) in [7, 11) is 0. The van der Waals surface area contributed by atoms with Crippen molar-refractivity contribution in [1.29, 1.82) is 0 Å². The molecule has 0 aliphatic rings. The van der Waals surface area contributed by atoms with Crippen LogP contribution >= 0.6 is 22.6 Å². The van der Waals surface area contributed by atoms with Gasteiger partial charge in [0.1, 0.15) is 5.82 Å². The van der Waals surface area contributed by atoms with Gasteiger partial charge in [-0.05, 0) is 52.9 Å². The van der Waals surface area contributed by atoms with Crippen LogP contribution in [-0.4, -0.2) is 9.55 Å². The van der Waals surface area contributed by atoms with Gasteiger partial charge in [-0.3, -0.25) is 4.57 Å². The molecule has 0 aliphatic heterocycles. The van der Waals surface area contributed by atoms with Crippen LogP contribution in [0.1, 0.15) is 0 Å². The molecule has 2 aromatic heterocycles. The normalized spacial score (nSPS) is 11.2. The van der Waals surface area contributed by atoms with Crippen LogP contribution in [0.25, 0.3) is 27.6 Å². The van der Waals surface area contributed by atoms with E-state index in [4.69, 9.17) is 0 Å². The lowest BCUT2D eigenvalue weighted by molar-refractivity contribution is 1.08. The number of nitrogens with zero attached hydrogens (tertiary/aromatic N) is 2. The number of halogens is 1. The molecule has 0 saturated carbocycles. The minimum absolute atomic E-state index is 0.959. The maximum atomic E-state index is 4.51. The second-order valence-electron chi connectivity index (χ2n) is 4.70. The van der Waals surface area contributed by atoms with Gasteiger partial charge >= 0.3 is 0 Å². The van der Waals surface area contributed by atoms with Crippen LogP contribution in [0.5, 0.6) is 0 Å². The van der Waals surface area contributed by atoms with Crippen LogP contribution in [0, 0.1) is 3.57 Å². The Labute approximate surface area is 130 Å². The number of hydrogen-bond acceptors (Lipinski definition) is 1. The first-order valence-electron chi connectivity index (χ1n) is 6.45. The molecule has 3 heteroatoms. The molecule has 0 fully saturated rings. The number of benzene rings is 2. The standard InChI is InChI=1S/C17H11IN2/c18-12-8-9-14-13-5-1-2-6-15(13)20(16(14)11-12)17-7-3-4-10-19-17/h1-11H. The zero-order valence-electron chi connectivity index (χ0n) is 10.6. The van der Waals surface area contributed by atoms with Crippen LogP contribution in [0.4, 0.5) is 0 Å². The van der Waals surface area contributed by atoms with E-state index in [0.29, 0.717) is 0 Å². The van der Waals surface area contributed by atoms with E-state index in [2.05, 4.69) is 74.6 Å². The maximum absolute atomic E-state index is 4.51. The van der Waals surface area contributed by atoms with Gasteiger partial charge in [-0.15, -0.1) is 0 Å². The molecular weight excluding hydrogens is 359 g/mol. The van der Waals surface area contributed by atoms with E-state index in [-0.39, 0.29) is 0 Å². The second-order valence-corrected chi connectivity index (χ2v) is 5.95. The highest BCUT2D eigenvalue weighted by Crippen LogP contribution is 2.31. The Hall–Kier alpha value is -1.88. The number of fused-ring (bicyclic) bond motifs is 3. The summed E-state index contributed by atoms with van der Waals surface area (Å²) in [5, 5.41) is 2.54. The summed E-state index contributed by atoms with van der Waals surface area (Å²) in [5.74, 6) is 0.959. The van der Waals surface area contributed by atoms with Crippen LogP contribution in [0.2, 0.25) is 0 Å². The van der Waals surface area contributed by atoms with Gasteiger partial charge in [-0.1, -0.05) is 30.3 Å². The van der Waals surface area contributed by atoms with Crippen molar-refractivity contribution < 1.29 is 0 Å². The van der Waals surface area contributed by atoms with Crippen molar-refractivity contribution >= 4 is 44.4 Å². The molecule has 0 spiro atoms. The molecule has 2 aromatic carbocycles. The average Bonchev–Trinajstić information content (AvgIpc) is 2.81. The van der Waals surface area contributed by atoms with E-state index < -0.39 is 0 Å². The van der Waals surface area contributed by atoms with E-state index in [9.17, 15) is 0 Å². The van der Waals surface area contributed by atoms with Crippen molar-refractivity contribution in [3.05, 3.63) is 70.4 Å². The Morgan fingerprint density at radius 1 is 0.800 bits per heavy atom. The summed E-state index contributed by atoms with van der Waals surface area (Å²) in [6.07, 6.45) is 1.84. The molecule has 0 aliphatic carbocycles. The Morgan fingerprint density at radius 3 is 2.45 bits per heavy atom. The third kappa shape index (κ3) is 1.73. The molecule has 0 unspecified atom stereocenters. The van der Waals surface area contributed by atoms with Crippen molar-refractivity contribution in [3.8, 4) is 5.82 Å². The third-order valence-electron chi connectivity index (χ3n) is 3.51. The molecule has 2 nitrogen and oxygen atoms in total. The molecule has 0 N–H and O–H groups in total. The zero-order valence-corrected chi connectivity index (χ0v) is 12.8. The third-order valence-corrected chi connectivity index (χ3v) is 4.19. The van der Waals surface area contributed by atoms with Gasteiger partial charge in [-0.25, -0.2) is 4.98 Å². The maximum Gasteiger partial charge on any atom is 0.137 e. The molecule has 0 radical (unpaired) electrons. The van der Waals surface area contributed by atoms with Crippen molar-refractivity contribution in [1.82, 2.24) is 9.55 Å². The van der Waals surface area contributed by atoms with Gasteiger partial charge in [0.2, 0.25) is 0 Å². The molecule has 96 valence electrons. The van der Waals surface area contributed by atoms with Gasteiger partial charge in [0.25, 0.3) is 0 Å². The Kier molecular flexibility index (Phi) is 2.73. The van der Waals surface area contributed by atoms with Crippen molar-refractivity contribution in [2.24, 2.45) is 0 Å². The second kappa shape index (κ2) is 4.59. The minimum atomic E-state index is 0.959. The average molecular weight is 370 g/mol. The highest BCUT2D eigenvalue weighted by molar-refractivity contribution is 14.1. The number of hydrogen-bond donors (Lipinski definition) is 0. The first-order chi connectivity index (χ1) is 9.84. The molecule has 2 heterocycles. The fourth-order valence-electron chi connectivity index (χ4n) is 2.68. The van der Waals surface area contributed by atoms with Crippen molar-refractivity contribution in [2.75, 3.05) is 0 Å². The molecule has 4 aromatic rings. The summed E-state index contributed by atoms with van der Waals surface area (Å²) in [6.45, 7) is 0. The number of pyridine rings is 1. The lowest BCUT2D eigenvalue weighted by Gasteiger charge is -2.06. The van der Waals surface area contributed by atoms with E-state index in [0.717, 1.165) is 5.82 Å². The zero-order chi connectivity index (χ0) is 13.5. The summed E-state index contributed by atoms with van der Waals surface area (Å²) in [5.41, 5.74) is 2.40. The first kappa shape index (κ1) is 11.9. The molecule has 0 saturated heterocycles. The Bertz CT molecular complexity index is 910. The van der Waals surface area contributed by atoms with E-state index in [1.807, 2.05) is 24.4 Å². The summed E-state index contributed by atoms with van der Waals surface area (Å²) in [4.78, 5) is 4.51. The quantitative estimate of drug-likeness (QED) is 0.441. The summed E-state index contributed by atoms with van der Waals surface area (Å²) < 4.78 is 3.46. The van der Waals surface area contributed by atoms with Crippen LogP contribution in [-0.2, 0) is 0 Å². The molecule has 4 rings (SSSR count). The predicted molar refractivity (Wildman–Crippen MR) is 91.3 cm³/mol. The van der Waals surface area contributed by atoms with Gasteiger partial charge < -0.3 is 0 Å². The fourth-order valence-corrected chi connectivity index (χ4v) is 3.15.